The van der Waals surface area contributed by atoms with Gasteiger partial charge in [0.25, 0.3) is 11.8 Å². The Bertz CT molecular complexity index is 1330. The van der Waals surface area contributed by atoms with Crippen molar-refractivity contribution in [3.8, 4) is 5.75 Å². The average molecular weight is 678 g/mol. The predicted octanol–water partition coefficient (Wildman–Crippen LogP) is 5.76. The molecule has 1 aliphatic rings. The number of carbonyl (C=O) groups excluding carboxylic acids is 3. The van der Waals surface area contributed by atoms with Gasteiger partial charge in [0.1, 0.15) is 17.9 Å². The first-order valence-electron chi connectivity index (χ1n) is 10.4. The number of imide groups is 2. The van der Waals surface area contributed by atoms with E-state index in [-0.39, 0.29) is 5.57 Å². The molecule has 0 bridgehead atoms. The molecule has 0 spiro atoms. The summed E-state index contributed by atoms with van der Waals surface area (Å²) in [4.78, 5) is 39.0. The van der Waals surface area contributed by atoms with Crippen LogP contribution in [0.25, 0.3) is 6.08 Å². The summed E-state index contributed by atoms with van der Waals surface area (Å²) in [5.41, 5.74) is 4.00. The van der Waals surface area contributed by atoms with Gasteiger partial charge in [-0.25, -0.2) is 9.69 Å². The van der Waals surface area contributed by atoms with Gasteiger partial charge in [-0.2, -0.15) is 0 Å². The number of ether oxygens (including phenoxy) is 1. The molecule has 1 aliphatic heterocycles. The third-order valence-electron chi connectivity index (χ3n) is 5.42. The third-order valence-corrected chi connectivity index (χ3v) is 6.99. The van der Waals surface area contributed by atoms with E-state index in [2.05, 4.69) is 50.5 Å². The molecule has 1 N–H and O–H groups in total. The maximum absolute atomic E-state index is 13.1. The fraction of sp³-hybridized carbons (Fsp3) is 0.115. The second-order valence-corrected chi connectivity index (χ2v) is 10.2. The van der Waals surface area contributed by atoms with E-state index in [1.54, 1.807) is 24.3 Å². The highest BCUT2D eigenvalue weighted by Crippen LogP contribution is 2.27. The zero-order valence-electron chi connectivity index (χ0n) is 18.4. The highest BCUT2D eigenvalue weighted by atomic mass is 127. The van der Waals surface area contributed by atoms with Crippen molar-refractivity contribution in [2.75, 3.05) is 4.90 Å². The number of benzene rings is 3. The summed E-state index contributed by atoms with van der Waals surface area (Å²) in [5.74, 6) is -0.678. The molecular formula is C26H20I2N2O4. The van der Waals surface area contributed by atoms with Crippen LogP contribution in [0.5, 0.6) is 5.75 Å². The zero-order chi connectivity index (χ0) is 24.4. The Morgan fingerprint density at radius 3 is 2.32 bits per heavy atom. The summed E-state index contributed by atoms with van der Waals surface area (Å²) in [6.07, 6.45) is 1.49. The van der Waals surface area contributed by atoms with Gasteiger partial charge in [-0.15, -0.1) is 0 Å². The van der Waals surface area contributed by atoms with E-state index in [1.807, 2.05) is 50.2 Å². The quantitative estimate of drug-likeness (QED) is 0.212. The van der Waals surface area contributed by atoms with E-state index in [4.69, 9.17) is 4.74 Å². The summed E-state index contributed by atoms with van der Waals surface area (Å²) >= 11 is 4.41. The van der Waals surface area contributed by atoms with Crippen molar-refractivity contribution in [2.24, 2.45) is 0 Å². The first kappa shape index (κ1) is 24.4. The molecule has 0 atom stereocenters. The molecule has 8 heteroatoms. The van der Waals surface area contributed by atoms with Crippen molar-refractivity contribution in [2.45, 2.75) is 20.5 Å². The predicted molar refractivity (Wildman–Crippen MR) is 148 cm³/mol. The maximum Gasteiger partial charge on any atom is 0.335 e. The van der Waals surface area contributed by atoms with E-state index in [9.17, 15) is 14.4 Å². The van der Waals surface area contributed by atoms with Gasteiger partial charge in [0.15, 0.2) is 0 Å². The number of barbiturate groups is 1. The Morgan fingerprint density at radius 2 is 1.65 bits per heavy atom. The van der Waals surface area contributed by atoms with Gasteiger partial charge in [-0.05, 0) is 124 Å². The molecule has 0 unspecified atom stereocenters. The van der Waals surface area contributed by atoms with Crippen LogP contribution in [0.3, 0.4) is 0 Å². The lowest BCUT2D eigenvalue weighted by molar-refractivity contribution is -0.122. The van der Waals surface area contributed by atoms with Crippen LogP contribution in [-0.2, 0) is 16.2 Å². The van der Waals surface area contributed by atoms with E-state index < -0.39 is 17.8 Å². The van der Waals surface area contributed by atoms with Crippen LogP contribution in [0.1, 0.15) is 22.3 Å². The third kappa shape index (κ3) is 5.33. The Balaban J connectivity index is 1.56. The topological polar surface area (TPSA) is 75.7 Å². The van der Waals surface area contributed by atoms with Crippen molar-refractivity contribution >= 4 is 74.8 Å². The summed E-state index contributed by atoms with van der Waals surface area (Å²) in [6.45, 7) is 4.28. The number of anilines is 1. The van der Waals surface area contributed by atoms with E-state index >= 15 is 0 Å². The molecule has 34 heavy (non-hydrogen) atoms. The largest absolute Gasteiger partial charge is 0.488 e. The van der Waals surface area contributed by atoms with Crippen LogP contribution >= 0.6 is 45.2 Å². The van der Waals surface area contributed by atoms with Crippen molar-refractivity contribution < 1.29 is 19.1 Å². The molecule has 3 aromatic carbocycles. The highest BCUT2D eigenvalue weighted by Gasteiger charge is 2.36. The smallest absolute Gasteiger partial charge is 0.335 e. The van der Waals surface area contributed by atoms with Crippen LogP contribution in [0.4, 0.5) is 10.5 Å². The fourth-order valence-electron chi connectivity index (χ4n) is 3.39. The molecule has 1 heterocycles. The number of nitrogens with zero attached hydrogens (tertiary/aromatic N) is 1. The number of amides is 4. The van der Waals surface area contributed by atoms with Gasteiger partial charge in [-0.3, -0.25) is 14.9 Å². The molecule has 0 saturated carbocycles. The molecule has 4 rings (SSSR count). The second kappa shape index (κ2) is 10.3. The molecule has 0 radical (unpaired) electrons. The summed E-state index contributed by atoms with van der Waals surface area (Å²) < 4.78 is 7.93. The lowest BCUT2D eigenvalue weighted by Gasteiger charge is -2.26. The SMILES string of the molecule is Cc1ccc(N2C(=O)NC(=O)/C(=C\c3ccc(OCc4ccc(I)cc4)c(I)c3)C2=O)cc1C. The van der Waals surface area contributed by atoms with Crippen LogP contribution in [-0.4, -0.2) is 17.8 Å². The standard InChI is InChI=1S/C26H20I2N2O4/c1-15-3-9-20(11-16(15)2)30-25(32)21(24(31)29-26(30)33)12-18-6-10-23(22(28)13-18)34-14-17-4-7-19(27)8-5-17/h3-13H,14H2,1-2H3,(H,29,31,33)/b21-12+. The number of aryl methyl sites for hydroxylation is 2. The lowest BCUT2D eigenvalue weighted by atomic mass is 10.1. The molecule has 3 aromatic rings. The van der Waals surface area contributed by atoms with Gasteiger partial charge < -0.3 is 4.74 Å². The number of carbonyl (C=O) groups is 3. The van der Waals surface area contributed by atoms with Gasteiger partial charge in [0.2, 0.25) is 0 Å². The van der Waals surface area contributed by atoms with E-state index in [0.717, 1.165) is 28.7 Å². The Kier molecular flexibility index (Phi) is 7.36. The Labute approximate surface area is 224 Å². The number of rotatable bonds is 5. The average Bonchev–Trinajstić information content (AvgIpc) is 2.79. The number of hydrogen-bond acceptors (Lipinski definition) is 4. The van der Waals surface area contributed by atoms with Gasteiger partial charge >= 0.3 is 6.03 Å². The van der Waals surface area contributed by atoms with Crippen LogP contribution in [0.15, 0.2) is 66.2 Å². The first-order chi connectivity index (χ1) is 16.2. The molecule has 0 aliphatic carbocycles. The second-order valence-electron chi connectivity index (χ2n) is 7.83. The maximum atomic E-state index is 13.1. The minimum Gasteiger partial charge on any atom is -0.488 e. The van der Waals surface area contributed by atoms with Crippen molar-refractivity contribution in [1.29, 1.82) is 0 Å². The normalized spacial score (nSPS) is 15.0. The molecule has 1 saturated heterocycles. The fourth-order valence-corrected chi connectivity index (χ4v) is 4.44. The van der Waals surface area contributed by atoms with Crippen molar-refractivity contribution in [3.63, 3.8) is 0 Å². The minimum absolute atomic E-state index is 0.110. The Morgan fingerprint density at radius 1 is 0.912 bits per heavy atom. The van der Waals surface area contributed by atoms with Gasteiger partial charge in [-0.1, -0.05) is 24.3 Å². The van der Waals surface area contributed by atoms with Gasteiger partial charge in [0.05, 0.1) is 9.26 Å². The summed E-state index contributed by atoms with van der Waals surface area (Å²) in [5, 5.41) is 2.26. The molecule has 6 nitrogen and oxygen atoms in total. The molecule has 0 aromatic heterocycles. The molecule has 1 fully saturated rings. The van der Waals surface area contributed by atoms with E-state index in [0.29, 0.717) is 23.6 Å². The highest BCUT2D eigenvalue weighted by molar-refractivity contribution is 14.1. The molecule has 172 valence electrons. The van der Waals surface area contributed by atoms with Crippen LogP contribution < -0.4 is 15.0 Å². The van der Waals surface area contributed by atoms with E-state index in [1.165, 1.54) is 6.08 Å². The number of halogens is 2. The monoisotopic (exact) mass is 678 g/mol. The Hall–Kier alpha value is -2.73. The van der Waals surface area contributed by atoms with Crippen molar-refractivity contribution in [3.05, 3.63) is 95.6 Å². The van der Waals surface area contributed by atoms with Gasteiger partial charge in [0, 0.05) is 3.57 Å². The zero-order valence-corrected chi connectivity index (χ0v) is 22.7. The number of urea groups is 1. The molecular weight excluding hydrogens is 658 g/mol. The molecule has 4 amide bonds. The van der Waals surface area contributed by atoms with Crippen LogP contribution in [0, 0.1) is 21.0 Å². The van der Waals surface area contributed by atoms with Crippen LogP contribution in [0.2, 0.25) is 0 Å². The minimum atomic E-state index is -0.760. The lowest BCUT2D eigenvalue weighted by Crippen LogP contribution is -2.54. The summed E-state index contributed by atoms with van der Waals surface area (Å²) in [7, 11) is 0. The number of hydrogen-bond donors (Lipinski definition) is 1. The van der Waals surface area contributed by atoms with Crippen molar-refractivity contribution in [1.82, 2.24) is 5.32 Å². The first-order valence-corrected chi connectivity index (χ1v) is 12.5. The number of nitrogens with one attached hydrogen (secondary N) is 1. The summed E-state index contributed by atoms with van der Waals surface area (Å²) in [6, 6.07) is 18.0.